The summed E-state index contributed by atoms with van der Waals surface area (Å²) in [5, 5.41) is 12.2. The van der Waals surface area contributed by atoms with Crippen LogP contribution in [0.4, 0.5) is 24.5 Å². The molecule has 0 heterocycles. The smallest absolute Gasteiger partial charge is 0.406 e. The van der Waals surface area contributed by atoms with Gasteiger partial charge in [0.1, 0.15) is 5.75 Å². The van der Waals surface area contributed by atoms with Gasteiger partial charge in [-0.15, -0.1) is 13.2 Å². The number of ether oxygens (including phenoxy) is 1. The number of aliphatic hydroxyl groups is 1. The molecule has 2 rings (SSSR count). The average Bonchev–Trinajstić information content (AvgIpc) is 2.55. The number of nitrogens with one attached hydrogen (secondary N) is 1. The molecule has 7 heteroatoms. The molecule has 132 valence electrons. The zero-order valence-corrected chi connectivity index (χ0v) is 13.5. The van der Waals surface area contributed by atoms with Crippen LogP contribution in [0.25, 0.3) is 0 Å². The third kappa shape index (κ3) is 5.36. The SMILES string of the molecule is C=CNc1cc(CO)ccc1C(C)=Nc1ccc(OC(F)(F)F)cc1. The highest BCUT2D eigenvalue weighted by atomic mass is 19.4. The number of benzene rings is 2. The van der Waals surface area contributed by atoms with Crippen LogP contribution in [0.2, 0.25) is 0 Å². The highest BCUT2D eigenvalue weighted by molar-refractivity contribution is 6.04. The molecule has 0 aromatic heterocycles. The molecular weight excluding hydrogens is 333 g/mol. The van der Waals surface area contributed by atoms with Gasteiger partial charge in [0.15, 0.2) is 0 Å². The largest absolute Gasteiger partial charge is 0.573 e. The summed E-state index contributed by atoms with van der Waals surface area (Å²) in [5.41, 5.74) is 3.38. The van der Waals surface area contributed by atoms with E-state index in [4.69, 9.17) is 0 Å². The molecule has 0 atom stereocenters. The van der Waals surface area contributed by atoms with E-state index >= 15 is 0 Å². The number of aliphatic imine (C=N–C) groups is 1. The van der Waals surface area contributed by atoms with E-state index in [-0.39, 0.29) is 12.4 Å². The van der Waals surface area contributed by atoms with Crippen molar-refractivity contribution in [3.8, 4) is 5.75 Å². The van der Waals surface area contributed by atoms with Gasteiger partial charge in [0, 0.05) is 17.0 Å². The zero-order valence-electron chi connectivity index (χ0n) is 13.5. The van der Waals surface area contributed by atoms with Crippen LogP contribution in [0.1, 0.15) is 18.1 Å². The monoisotopic (exact) mass is 350 g/mol. The van der Waals surface area contributed by atoms with Gasteiger partial charge in [0.2, 0.25) is 0 Å². The predicted octanol–water partition coefficient (Wildman–Crippen LogP) is 4.77. The molecule has 2 N–H and O–H groups in total. The van der Waals surface area contributed by atoms with E-state index in [2.05, 4.69) is 21.6 Å². The van der Waals surface area contributed by atoms with Gasteiger partial charge in [0.25, 0.3) is 0 Å². The van der Waals surface area contributed by atoms with Crippen molar-refractivity contribution in [3.05, 3.63) is 66.4 Å². The van der Waals surface area contributed by atoms with E-state index in [0.29, 0.717) is 11.4 Å². The quantitative estimate of drug-likeness (QED) is 0.738. The summed E-state index contributed by atoms with van der Waals surface area (Å²) in [4.78, 5) is 4.41. The summed E-state index contributed by atoms with van der Waals surface area (Å²) < 4.78 is 40.3. The second-order valence-corrected chi connectivity index (χ2v) is 5.13. The van der Waals surface area contributed by atoms with Crippen molar-refractivity contribution >= 4 is 17.1 Å². The minimum atomic E-state index is -4.72. The van der Waals surface area contributed by atoms with Gasteiger partial charge in [0.05, 0.1) is 12.3 Å². The minimum absolute atomic E-state index is 0.0943. The molecular formula is C18H17F3N2O2. The first-order valence-corrected chi connectivity index (χ1v) is 7.35. The zero-order chi connectivity index (χ0) is 18.4. The molecule has 0 aliphatic heterocycles. The lowest BCUT2D eigenvalue weighted by Gasteiger charge is -2.11. The summed E-state index contributed by atoms with van der Waals surface area (Å²) in [5.74, 6) is -0.301. The Balaban J connectivity index is 2.27. The maximum absolute atomic E-state index is 12.2. The predicted molar refractivity (Wildman–Crippen MR) is 91.2 cm³/mol. The van der Waals surface area contributed by atoms with Gasteiger partial charge in [-0.1, -0.05) is 18.7 Å². The van der Waals surface area contributed by atoms with Crippen molar-refractivity contribution in [2.24, 2.45) is 4.99 Å². The molecule has 0 saturated carbocycles. The fourth-order valence-corrected chi connectivity index (χ4v) is 2.21. The summed E-state index contributed by atoms with van der Waals surface area (Å²) in [6, 6.07) is 10.6. The van der Waals surface area contributed by atoms with Crippen LogP contribution in [-0.4, -0.2) is 17.2 Å². The molecule has 2 aromatic rings. The first-order valence-electron chi connectivity index (χ1n) is 7.35. The van der Waals surface area contributed by atoms with Gasteiger partial charge in [-0.3, -0.25) is 4.99 Å². The Hall–Kier alpha value is -2.80. The molecule has 0 radical (unpaired) electrons. The van der Waals surface area contributed by atoms with Crippen LogP contribution in [0.3, 0.4) is 0 Å². The summed E-state index contributed by atoms with van der Waals surface area (Å²) in [7, 11) is 0. The van der Waals surface area contributed by atoms with E-state index in [1.165, 1.54) is 30.5 Å². The fraction of sp³-hybridized carbons (Fsp3) is 0.167. The molecule has 0 aliphatic rings. The number of aliphatic hydroxyl groups excluding tert-OH is 1. The third-order valence-electron chi connectivity index (χ3n) is 3.28. The summed E-state index contributed by atoms with van der Waals surface area (Å²) in [6.07, 6.45) is -3.21. The van der Waals surface area contributed by atoms with E-state index in [9.17, 15) is 18.3 Å². The van der Waals surface area contributed by atoms with Crippen LogP contribution in [0.15, 0.2) is 60.2 Å². The normalized spacial score (nSPS) is 12.0. The Bertz CT molecular complexity index is 769. The number of anilines is 1. The Labute approximate surface area is 143 Å². The molecule has 0 fully saturated rings. The Morgan fingerprint density at radius 1 is 1.24 bits per heavy atom. The Morgan fingerprint density at radius 3 is 2.48 bits per heavy atom. The van der Waals surface area contributed by atoms with Gasteiger partial charge in [-0.2, -0.15) is 0 Å². The second kappa shape index (κ2) is 7.85. The molecule has 2 aromatic carbocycles. The number of rotatable bonds is 6. The first-order chi connectivity index (χ1) is 11.8. The van der Waals surface area contributed by atoms with Gasteiger partial charge in [-0.05, 0) is 49.0 Å². The van der Waals surface area contributed by atoms with Crippen LogP contribution >= 0.6 is 0 Å². The maximum Gasteiger partial charge on any atom is 0.573 e. The number of hydrogen-bond acceptors (Lipinski definition) is 4. The summed E-state index contributed by atoms with van der Waals surface area (Å²) >= 11 is 0. The first kappa shape index (κ1) is 18.5. The highest BCUT2D eigenvalue weighted by Crippen LogP contribution is 2.26. The average molecular weight is 350 g/mol. The number of alkyl halides is 3. The lowest BCUT2D eigenvalue weighted by atomic mass is 10.1. The fourth-order valence-electron chi connectivity index (χ4n) is 2.21. The van der Waals surface area contributed by atoms with Crippen LogP contribution in [0.5, 0.6) is 5.75 Å². The summed E-state index contributed by atoms with van der Waals surface area (Å²) in [6.45, 7) is 5.30. The van der Waals surface area contributed by atoms with Gasteiger partial charge < -0.3 is 15.2 Å². The van der Waals surface area contributed by atoms with Crippen molar-refractivity contribution in [2.45, 2.75) is 19.9 Å². The Kier molecular flexibility index (Phi) is 5.82. The van der Waals surface area contributed by atoms with Crippen molar-refractivity contribution in [1.82, 2.24) is 0 Å². The highest BCUT2D eigenvalue weighted by Gasteiger charge is 2.30. The van der Waals surface area contributed by atoms with Crippen LogP contribution in [-0.2, 0) is 6.61 Å². The van der Waals surface area contributed by atoms with Crippen LogP contribution in [0, 0.1) is 0 Å². The van der Waals surface area contributed by atoms with E-state index < -0.39 is 6.36 Å². The molecule has 0 aliphatic carbocycles. The molecule has 0 spiro atoms. The van der Waals surface area contributed by atoms with Crippen molar-refractivity contribution in [1.29, 1.82) is 0 Å². The Morgan fingerprint density at radius 2 is 1.92 bits per heavy atom. The van der Waals surface area contributed by atoms with Crippen LogP contribution < -0.4 is 10.1 Å². The molecule has 0 amide bonds. The number of nitrogens with zero attached hydrogens (tertiary/aromatic N) is 1. The number of halogens is 3. The molecule has 0 bridgehead atoms. The van der Waals surface area contributed by atoms with Gasteiger partial charge in [-0.25, -0.2) is 0 Å². The third-order valence-corrected chi connectivity index (χ3v) is 3.28. The van der Waals surface area contributed by atoms with E-state index in [1.54, 1.807) is 25.1 Å². The topological polar surface area (TPSA) is 53.8 Å². The minimum Gasteiger partial charge on any atom is -0.406 e. The lowest BCUT2D eigenvalue weighted by Crippen LogP contribution is -2.16. The molecule has 0 unspecified atom stereocenters. The second-order valence-electron chi connectivity index (χ2n) is 5.13. The van der Waals surface area contributed by atoms with Crippen molar-refractivity contribution in [2.75, 3.05) is 5.32 Å². The maximum atomic E-state index is 12.2. The van der Waals surface area contributed by atoms with Crippen molar-refractivity contribution < 1.29 is 23.0 Å². The number of hydrogen-bond donors (Lipinski definition) is 2. The van der Waals surface area contributed by atoms with E-state index in [1.807, 2.05) is 0 Å². The lowest BCUT2D eigenvalue weighted by molar-refractivity contribution is -0.274. The van der Waals surface area contributed by atoms with Gasteiger partial charge >= 0.3 is 6.36 Å². The molecule has 0 saturated heterocycles. The molecule has 4 nitrogen and oxygen atoms in total. The van der Waals surface area contributed by atoms with Crippen molar-refractivity contribution in [3.63, 3.8) is 0 Å². The molecule has 25 heavy (non-hydrogen) atoms. The standard InChI is InChI=1S/C18H17F3N2O2/c1-3-22-17-10-13(11-24)4-9-16(17)12(2)23-14-5-7-15(8-6-14)25-18(19,20)21/h3-10,22,24H,1,11H2,2H3. The van der Waals surface area contributed by atoms with E-state index in [0.717, 1.165) is 16.8 Å².